The van der Waals surface area contributed by atoms with Crippen molar-refractivity contribution in [2.24, 2.45) is 0 Å². The van der Waals surface area contributed by atoms with Crippen LogP contribution in [0, 0.1) is 0 Å². The molecule has 1 N–H and O–H groups in total. The van der Waals surface area contributed by atoms with Gasteiger partial charge in [0.25, 0.3) is 0 Å². The van der Waals surface area contributed by atoms with E-state index in [1.807, 2.05) is 0 Å². The number of hydrogen-bond donors (Lipinski definition) is 1. The first-order valence-corrected chi connectivity index (χ1v) is 8.77. The molecule has 1 aliphatic rings. The van der Waals surface area contributed by atoms with Crippen molar-refractivity contribution in [2.45, 2.75) is 71.6 Å². The van der Waals surface area contributed by atoms with Gasteiger partial charge in [-0.05, 0) is 37.4 Å². The van der Waals surface area contributed by atoms with E-state index in [1.165, 1.54) is 43.4 Å². The molecular weight excluding hydrogens is 272 g/mol. The molecule has 0 spiro atoms. The molecule has 0 aromatic heterocycles. The van der Waals surface area contributed by atoms with E-state index in [9.17, 15) is 0 Å². The smallest absolute Gasteiger partial charge is 0.123 e. The van der Waals surface area contributed by atoms with Crippen molar-refractivity contribution in [3.05, 3.63) is 29.3 Å². The standard InChI is InChI=1S/C19H32N2O/c1-5-18-8-6-7-11-21(18)14-16-9-10-17(13-20-15(2)3)19(12-16)22-4/h9-10,12,15,18,20H,5-8,11,13-14H2,1-4H3. The fourth-order valence-electron chi connectivity index (χ4n) is 3.31. The van der Waals surface area contributed by atoms with E-state index in [4.69, 9.17) is 4.74 Å². The van der Waals surface area contributed by atoms with Crippen LogP contribution in [0.5, 0.6) is 5.75 Å². The monoisotopic (exact) mass is 304 g/mol. The lowest BCUT2D eigenvalue weighted by Crippen LogP contribution is -2.38. The third-order valence-electron chi connectivity index (χ3n) is 4.66. The number of methoxy groups -OCH3 is 1. The van der Waals surface area contributed by atoms with E-state index >= 15 is 0 Å². The van der Waals surface area contributed by atoms with Gasteiger partial charge in [-0.3, -0.25) is 4.90 Å². The predicted octanol–water partition coefficient (Wildman–Crippen LogP) is 3.96. The maximum Gasteiger partial charge on any atom is 0.123 e. The Balaban J connectivity index is 2.05. The lowest BCUT2D eigenvalue weighted by Gasteiger charge is -2.35. The van der Waals surface area contributed by atoms with Crippen LogP contribution in [-0.2, 0) is 13.1 Å². The molecule has 0 radical (unpaired) electrons. The Morgan fingerprint density at radius 1 is 1.32 bits per heavy atom. The molecule has 22 heavy (non-hydrogen) atoms. The quantitative estimate of drug-likeness (QED) is 0.825. The second-order valence-corrected chi connectivity index (χ2v) is 6.71. The lowest BCUT2D eigenvalue weighted by atomic mass is 9.99. The highest BCUT2D eigenvalue weighted by Crippen LogP contribution is 2.25. The molecule has 0 bridgehead atoms. The Kier molecular flexibility index (Phi) is 6.71. The van der Waals surface area contributed by atoms with E-state index in [1.54, 1.807) is 7.11 Å². The minimum atomic E-state index is 0.489. The van der Waals surface area contributed by atoms with Gasteiger partial charge in [0, 0.05) is 30.7 Å². The number of nitrogens with zero attached hydrogens (tertiary/aromatic N) is 1. The molecule has 1 aromatic carbocycles. The fraction of sp³-hybridized carbons (Fsp3) is 0.684. The van der Waals surface area contributed by atoms with E-state index in [-0.39, 0.29) is 0 Å². The van der Waals surface area contributed by atoms with Crippen LogP contribution in [0.2, 0.25) is 0 Å². The van der Waals surface area contributed by atoms with Gasteiger partial charge >= 0.3 is 0 Å². The number of benzene rings is 1. The summed E-state index contributed by atoms with van der Waals surface area (Å²) in [6.07, 6.45) is 5.33. The first-order chi connectivity index (χ1) is 10.6. The Bertz CT molecular complexity index is 459. The maximum absolute atomic E-state index is 5.60. The van der Waals surface area contributed by atoms with Gasteiger partial charge in [0.1, 0.15) is 5.75 Å². The number of nitrogens with one attached hydrogen (secondary N) is 1. The Hall–Kier alpha value is -1.06. The van der Waals surface area contributed by atoms with Crippen molar-refractivity contribution in [1.82, 2.24) is 10.2 Å². The van der Waals surface area contributed by atoms with Crippen LogP contribution in [0.25, 0.3) is 0 Å². The van der Waals surface area contributed by atoms with E-state index in [0.717, 1.165) is 24.9 Å². The molecular formula is C19H32N2O. The zero-order chi connectivity index (χ0) is 15.9. The van der Waals surface area contributed by atoms with Gasteiger partial charge in [-0.1, -0.05) is 39.3 Å². The summed E-state index contributed by atoms with van der Waals surface area (Å²) in [5, 5.41) is 3.46. The Morgan fingerprint density at radius 3 is 2.82 bits per heavy atom. The molecule has 3 heteroatoms. The number of piperidine rings is 1. The second kappa shape index (κ2) is 8.54. The number of hydrogen-bond acceptors (Lipinski definition) is 3. The van der Waals surface area contributed by atoms with Gasteiger partial charge in [-0.15, -0.1) is 0 Å². The van der Waals surface area contributed by atoms with Crippen LogP contribution in [0.4, 0.5) is 0 Å². The van der Waals surface area contributed by atoms with Crippen molar-refractivity contribution in [3.8, 4) is 5.75 Å². The van der Waals surface area contributed by atoms with Gasteiger partial charge in [-0.2, -0.15) is 0 Å². The van der Waals surface area contributed by atoms with Gasteiger partial charge in [0.2, 0.25) is 0 Å². The van der Waals surface area contributed by atoms with Crippen LogP contribution < -0.4 is 10.1 Å². The second-order valence-electron chi connectivity index (χ2n) is 6.71. The van der Waals surface area contributed by atoms with Crippen LogP contribution in [0.1, 0.15) is 57.6 Å². The van der Waals surface area contributed by atoms with E-state index in [0.29, 0.717) is 6.04 Å². The third kappa shape index (κ3) is 4.72. The summed E-state index contributed by atoms with van der Waals surface area (Å²) in [6.45, 7) is 9.79. The van der Waals surface area contributed by atoms with Crippen LogP contribution in [0.15, 0.2) is 18.2 Å². The van der Waals surface area contributed by atoms with Crippen molar-refractivity contribution >= 4 is 0 Å². The molecule has 0 saturated carbocycles. The zero-order valence-corrected chi connectivity index (χ0v) is 14.7. The van der Waals surface area contributed by atoms with Crippen molar-refractivity contribution < 1.29 is 4.74 Å². The summed E-state index contributed by atoms with van der Waals surface area (Å²) >= 11 is 0. The molecule has 3 nitrogen and oxygen atoms in total. The fourth-order valence-corrected chi connectivity index (χ4v) is 3.31. The minimum absolute atomic E-state index is 0.489. The van der Waals surface area contributed by atoms with Crippen molar-refractivity contribution in [2.75, 3.05) is 13.7 Å². The molecule has 1 fully saturated rings. The lowest BCUT2D eigenvalue weighted by molar-refractivity contribution is 0.136. The third-order valence-corrected chi connectivity index (χ3v) is 4.66. The molecule has 124 valence electrons. The first kappa shape index (κ1) is 17.3. The number of likely N-dealkylation sites (tertiary alicyclic amines) is 1. The maximum atomic E-state index is 5.60. The summed E-state index contributed by atoms with van der Waals surface area (Å²) in [4.78, 5) is 2.64. The molecule has 0 aliphatic carbocycles. The van der Waals surface area contributed by atoms with Crippen LogP contribution in [0.3, 0.4) is 0 Å². The summed E-state index contributed by atoms with van der Waals surface area (Å²) in [5.41, 5.74) is 2.61. The highest BCUT2D eigenvalue weighted by atomic mass is 16.5. The molecule has 0 amide bonds. The van der Waals surface area contributed by atoms with E-state index < -0.39 is 0 Å². The highest BCUT2D eigenvalue weighted by Gasteiger charge is 2.21. The molecule has 2 rings (SSSR count). The Morgan fingerprint density at radius 2 is 2.14 bits per heavy atom. The largest absolute Gasteiger partial charge is 0.496 e. The molecule has 1 aliphatic heterocycles. The number of ether oxygens (including phenoxy) is 1. The van der Waals surface area contributed by atoms with Gasteiger partial charge < -0.3 is 10.1 Å². The average Bonchev–Trinajstić information content (AvgIpc) is 2.53. The van der Waals surface area contributed by atoms with Gasteiger partial charge in [-0.25, -0.2) is 0 Å². The molecule has 1 saturated heterocycles. The van der Waals surface area contributed by atoms with Crippen LogP contribution in [-0.4, -0.2) is 30.6 Å². The summed E-state index contributed by atoms with van der Waals surface area (Å²) < 4.78 is 5.60. The SMILES string of the molecule is CCC1CCCCN1Cc1ccc(CNC(C)C)c(OC)c1. The molecule has 1 aromatic rings. The van der Waals surface area contributed by atoms with Crippen LogP contribution >= 0.6 is 0 Å². The highest BCUT2D eigenvalue weighted by molar-refractivity contribution is 5.37. The normalized spacial score (nSPS) is 19.6. The topological polar surface area (TPSA) is 24.5 Å². The minimum Gasteiger partial charge on any atom is -0.496 e. The van der Waals surface area contributed by atoms with E-state index in [2.05, 4.69) is 49.2 Å². The van der Waals surface area contributed by atoms with Crippen molar-refractivity contribution in [1.29, 1.82) is 0 Å². The zero-order valence-electron chi connectivity index (χ0n) is 14.7. The van der Waals surface area contributed by atoms with Gasteiger partial charge in [0.05, 0.1) is 7.11 Å². The van der Waals surface area contributed by atoms with Crippen molar-refractivity contribution in [3.63, 3.8) is 0 Å². The first-order valence-electron chi connectivity index (χ1n) is 8.77. The predicted molar refractivity (Wildman–Crippen MR) is 93.3 cm³/mol. The Labute approximate surface area is 136 Å². The van der Waals surface area contributed by atoms with Gasteiger partial charge in [0.15, 0.2) is 0 Å². The molecule has 1 atom stereocenters. The summed E-state index contributed by atoms with van der Waals surface area (Å²) in [5.74, 6) is 1.01. The summed E-state index contributed by atoms with van der Waals surface area (Å²) in [7, 11) is 1.77. The summed E-state index contributed by atoms with van der Waals surface area (Å²) in [6, 6.07) is 7.94. The average molecular weight is 304 g/mol. The molecule has 1 heterocycles. The number of rotatable bonds is 7. The molecule has 1 unspecified atom stereocenters.